The normalized spacial score (nSPS) is 28.4. The standard InChI is InChI=1S/C9H20N2OS/c1-8-2-3-11(4-5-13-8)7-9(12)6-10/h8-9,12H,2-7,10H2,1H3/t8?,9-/m1/s1. The zero-order valence-electron chi connectivity index (χ0n) is 8.28. The van der Waals surface area contributed by atoms with E-state index < -0.39 is 0 Å². The second-order valence-electron chi connectivity index (χ2n) is 3.66. The minimum Gasteiger partial charge on any atom is -0.390 e. The number of β-amino-alcohol motifs (C(OH)–C–C–N with tert-alkyl or cyclic N) is 1. The summed E-state index contributed by atoms with van der Waals surface area (Å²) < 4.78 is 0. The van der Waals surface area contributed by atoms with Crippen molar-refractivity contribution in [2.75, 3.05) is 31.9 Å². The fourth-order valence-corrected chi connectivity index (χ4v) is 2.54. The van der Waals surface area contributed by atoms with Crippen molar-refractivity contribution in [1.82, 2.24) is 4.90 Å². The summed E-state index contributed by atoms with van der Waals surface area (Å²) in [5, 5.41) is 10.2. The van der Waals surface area contributed by atoms with Gasteiger partial charge >= 0.3 is 0 Å². The lowest BCUT2D eigenvalue weighted by atomic mass is 10.2. The molecule has 0 radical (unpaired) electrons. The van der Waals surface area contributed by atoms with Crippen LogP contribution in [0.1, 0.15) is 13.3 Å². The molecular formula is C9H20N2OS. The quantitative estimate of drug-likeness (QED) is 0.686. The molecule has 0 spiro atoms. The van der Waals surface area contributed by atoms with Crippen LogP contribution in [0.4, 0.5) is 0 Å². The molecule has 0 aromatic carbocycles. The summed E-state index contributed by atoms with van der Waals surface area (Å²) in [5.41, 5.74) is 5.37. The van der Waals surface area contributed by atoms with Crippen molar-refractivity contribution in [3.63, 3.8) is 0 Å². The van der Waals surface area contributed by atoms with Gasteiger partial charge < -0.3 is 10.8 Å². The fourth-order valence-electron chi connectivity index (χ4n) is 1.50. The molecule has 1 rings (SSSR count). The van der Waals surface area contributed by atoms with E-state index >= 15 is 0 Å². The third kappa shape index (κ3) is 4.31. The Morgan fingerprint density at radius 1 is 1.62 bits per heavy atom. The molecule has 4 heteroatoms. The molecule has 13 heavy (non-hydrogen) atoms. The molecule has 0 aliphatic carbocycles. The van der Waals surface area contributed by atoms with E-state index in [1.54, 1.807) is 0 Å². The van der Waals surface area contributed by atoms with E-state index in [9.17, 15) is 5.11 Å². The number of hydrogen-bond donors (Lipinski definition) is 2. The van der Waals surface area contributed by atoms with Gasteiger partial charge in [-0.2, -0.15) is 11.8 Å². The van der Waals surface area contributed by atoms with E-state index in [1.165, 1.54) is 12.2 Å². The molecule has 0 aromatic heterocycles. The second-order valence-corrected chi connectivity index (χ2v) is 5.21. The minimum absolute atomic E-state index is 0.349. The van der Waals surface area contributed by atoms with Gasteiger partial charge in [0.2, 0.25) is 0 Å². The largest absolute Gasteiger partial charge is 0.390 e. The van der Waals surface area contributed by atoms with E-state index in [-0.39, 0.29) is 6.10 Å². The Labute approximate surface area is 84.7 Å². The third-order valence-electron chi connectivity index (χ3n) is 2.40. The number of thioether (sulfide) groups is 1. The molecule has 3 nitrogen and oxygen atoms in total. The van der Waals surface area contributed by atoms with Crippen LogP contribution in [0.2, 0.25) is 0 Å². The zero-order valence-corrected chi connectivity index (χ0v) is 9.09. The van der Waals surface area contributed by atoms with Gasteiger partial charge in [-0.25, -0.2) is 0 Å². The Hall–Kier alpha value is 0.230. The first-order valence-corrected chi connectivity index (χ1v) is 5.99. The molecule has 1 aliphatic rings. The van der Waals surface area contributed by atoms with Crippen LogP contribution in [0.15, 0.2) is 0 Å². The van der Waals surface area contributed by atoms with Crippen LogP contribution in [0.25, 0.3) is 0 Å². The summed E-state index contributed by atoms with van der Waals surface area (Å²) >= 11 is 2.02. The fraction of sp³-hybridized carbons (Fsp3) is 1.00. The summed E-state index contributed by atoms with van der Waals surface area (Å²) in [6, 6.07) is 0. The van der Waals surface area contributed by atoms with E-state index in [2.05, 4.69) is 11.8 Å². The van der Waals surface area contributed by atoms with Gasteiger partial charge in [-0.05, 0) is 13.0 Å². The molecule has 1 heterocycles. The maximum atomic E-state index is 9.39. The first-order chi connectivity index (χ1) is 6.22. The Bertz CT molecular complexity index is 146. The van der Waals surface area contributed by atoms with Gasteiger partial charge in [0.05, 0.1) is 6.10 Å². The van der Waals surface area contributed by atoms with Crippen LogP contribution in [-0.2, 0) is 0 Å². The van der Waals surface area contributed by atoms with Crippen molar-refractivity contribution in [2.24, 2.45) is 5.73 Å². The van der Waals surface area contributed by atoms with Crippen LogP contribution < -0.4 is 5.73 Å². The summed E-state index contributed by atoms with van der Waals surface area (Å²) in [4.78, 5) is 2.31. The highest BCUT2D eigenvalue weighted by Crippen LogP contribution is 2.18. The van der Waals surface area contributed by atoms with Crippen LogP contribution in [0.3, 0.4) is 0 Å². The predicted octanol–water partition coefficient (Wildman–Crippen LogP) is 0.133. The van der Waals surface area contributed by atoms with Gasteiger partial charge in [-0.15, -0.1) is 0 Å². The maximum absolute atomic E-state index is 9.39. The number of hydrogen-bond acceptors (Lipinski definition) is 4. The molecule has 78 valence electrons. The Balaban J connectivity index is 2.25. The van der Waals surface area contributed by atoms with Gasteiger partial charge in [-0.3, -0.25) is 4.90 Å². The van der Waals surface area contributed by atoms with Crippen molar-refractivity contribution >= 4 is 11.8 Å². The Morgan fingerprint density at radius 2 is 2.38 bits per heavy atom. The first kappa shape index (κ1) is 11.3. The van der Waals surface area contributed by atoms with E-state index in [0.29, 0.717) is 6.54 Å². The summed E-state index contributed by atoms with van der Waals surface area (Å²) in [6.45, 7) is 5.58. The lowest BCUT2D eigenvalue weighted by Gasteiger charge is -2.21. The smallest absolute Gasteiger partial charge is 0.0789 e. The van der Waals surface area contributed by atoms with Crippen LogP contribution in [0, 0.1) is 0 Å². The van der Waals surface area contributed by atoms with Crippen LogP contribution in [0.5, 0.6) is 0 Å². The highest BCUT2D eigenvalue weighted by molar-refractivity contribution is 7.99. The van der Waals surface area contributed by atoms with Crippen molar-refractivity contribution in [3.05, 3.63) is 0 Å². The number of aliphatic hydroxyl groups is 1. The third-order valence-corrected chi connectivity index (χ3v) is 3.63. The molecule has 1 saturated heterocycles. The van der Waals surface area contributed by atoms with Crippen LogP contribution in [-0.4, -0.2) is 53.3 Å². The molecule has 0 saturated carbocycles. The van der Waals surface area contributed by atoms with Gasteiger partial charge in [0, 0.05) is 30.6 Å². The number of rotatable bonds is 3. The van der Waals surface area contributed by atoms with Crippen molar-refractivity contribution in [1.29, 1.82) is 0 Å². The number of aliphatic hydroxyl groups excluding tert-OH is 1. The van der Waals surface area contributed by atoms with Crippen molar-refractivity contribution < 1.29 is 5.11 Å². The Kier molecular flexibility index (Phi) is 5.09. The summed E-state index contributed by atoms with van der Waals surface area (Å²) in [5.74, 6) is 1.18. The highest BCUT2D eigenvalue weighted by atomic mass is 32.2. The second kappa shape index (κ2) is 5.86. The molecular weight excluding hydrogens is 184 g/mol. The van der Waals surface area contributed by atoms with E-state index in [0.717, 1.165) is 24.9 Å². The van der Waals surface area contributed by atoms with Crippen molar-refractivity contribution in [3.8, 4) is 0 Å². The van der Waals surface area contributed by atoms with E-state index in [1.807, 2.05) is 11.8 Å². The summed E-state index contributed by atoms with van der Waals surface area (Å²) in [7, 11) is 0. The minimum atomic E-state index is -0.349. The topological polar surface area (TPSA) is 49.5 Å². The maximum Gasteiger partial charge on any atom is 0.0789 e. The van der Waals surface area contributed by atoms with Crippen molar-refractivity contribution in [2.45, 2.75) is 24.7 Å². The number of nitrogens with two attached hydrogens (primary N) is 1. The van der Waals surface area contributed by atoms with Gasteiger partial charge in [0.25, 0.3) is 0 Å². The predicted molar refractivity (Wildman–Crippen MR) is 58.0 cm³/mol. The Morgan fingerprint density at radius 3 is 3.08 bits per heavy atom. The SMILES string of the molecule is CC1CCN(C[C@H](O)CN)CCS1. The van der Waals surface area contributed by atoms with Gasteiger partial charge in [-0.1, -0.05) is 6.92 Å². The molecule has 0 aromatic rings. The molecule has 3 N–H and O–H groups in total. The molecule has 1 aliphatic heterocycles. The molecule has 0 bridgehead atoms. The molecule has 2 atom stereocenters. The number of nitrogens with zero attached hydrogens (tertiary/aromatic N) is 1. The lowest BCUT2D eigenvalue weighted by Crippen LogP contribution is -2.37. The summed E-state index contributed by atoms with van der Waals surface area (Å²) in [6.07, 6.45) is 0.875. The average molecular weight is 204 g/mol. The zero-order chi connectivity index (χ0) is 9.68. The van der Waals surface area contributed by atoms with E-state index in [4.69, 9.17) is 5.73 Å². The van der Waals surface area contributed by atoms with Gasteiger partial charge in [0.1, 0.15) is 0 Å². The monoisotopic (exact) mass is 204 g/mol. The van der Waals surface area contributed by atoms with Gasteiger partial charge in [0.15, 0.2) is 0 Å². The molecule has 0 amide bonds. The van der Waals surface area contributed by atoms with Crippen LogP contribution >= 0.6 is 11.8 Å². The molecule has 1 unspecified atom stereocenters. The molecule has 1 fully saturated rings. The first-order valence-electron chi connectivity index (χ1n) is 4.94. The lowest BCUT2D eigenvalue weighted by molar-refractivity contribution is 0.122. The average Bonchev–Trinajstić information content (AvgIpc) is 2.31. The highest BCUT2D eigenvalue weighted by Gasteiger charge is 2.15.